The van der Waals surface area contributed by atoms with Crippen molar-refractivity contribution in [3.05, 3.63) is 64.6 Å². The molecule has 3 unspecified atom stereocenters. The van der Waals surface area contributed by atoms with E-state index in [1.807, 2.05) is 71.9 Å². The predicted octanol–water partition coefficient (Wildman–Crippen LogP) is 6.26. The summed E-state index contributed by atoms with van der Waals surface area (Å²) in [5.41, 5.74) is 5.43. The Balaban J connectivity index is 2.09. The number of carbonyl (C=O) groups is 5. The second kappa shape index (κ2) is 21.1. The van der Waals surface area contributed by atoms with Crippen molar-refractivity contribution in [1.82, 2.24) is 25.8 Å². The highest BCUT2D eigenvalue weighted by Crippen LogP contribution is 2.32. The highest BCUT2D eigenvalue weighted by Gasteiger charge is 2.40. The molecule has 0 spiro atoms. The van der Waals surface area contributed by atoms with Gasteiger partial charge < -0.3 is 26.6 Å². The molecule has 1 aromatic carbocycles. The Morgan fingerprint density at radius 2 is 1.67 bits per heavy atom. The van der Waals surface area contributed by atoms with Crippen molar-refractivity contribution in [1.29, 1.82) is 0 Å². The van der Waals surface area contributed by atoms with Gasteiger partial charge in [0.25, 0.3) is 0 Å². The first-order valence-electron chi connectivity index (χ1n) is 19.9. The standard InChI is InChI=1S/C43H65N7O5S2/c1-12-56-33(52)24-31(41-45-21-23-57-41)47-39(54)34(28(5)29-16-14-13-15-17-29)48-40(55)36(43(9,10)11)49-38(30(42(6,7)8)19-18-26(2)3)46-25-32(51)50-22-20-27(4)35(50)37(44)53/h13-19,21,23,26-28,30-31,34-36H,12,20,22,24-25H2,1-11H3,(H2,44,53)(H,46,49)(H,47,54)(H,48,55)/b19-18+/t27-,28+,30?,31-,34?,35+,36?/m1/s1. The summed E-state index contributed by atoms with van der Waals surface area (Å²) < 4.78 is 0. The second-order valence-electron chi connectivity index (χ2n) is 17.4. The van der Waals surface area contributed by atoms with Crippen molar-refractivity contribution in [3.63, 3.8) is 0 Å². The van der Waals surface area contributed by atoms with Crippen LogP contribution in [0, 0.1) is 28.6 Å². The maximum atomic E-state index is 14.8. The number of thiazole rings is 1. The van der Waals surface area contributed by atoms with E-state index in [2.05, 4.69) is 67.7 Å². The number of benzene rings is 1. The summed E-state index contributed by atoms with van der Waals surface area (Å²) in [6.07, 6.45) is 6.50. The fourth-order valence-electron chi connectivity index (χ4n) is 6.93. The van der Waals surface area contributed by atoms with Crippen LogP contribution in [0.4, 0.5) is 0 Å². The summed E-state index contributed by atoms with van der Waals surface area (Å²) in [6, 6.07) is 6.06. The molecule has 1 aromatic heterocycles. The lowest BCUT2D eigenvalue weighted by atomic mass is 9.78. The molecule has 0 bridgehead atoms. The lowest BCUT2D eigenvalue weighted by Gasteiger charge is -2.35. The van der Waals surface area contributed by atoms with Gasteiger partial charge in [-0.3, -0.25) is 29.0 Å². The second-order valence-corrected chi connectivity index (χ2v) is 19.7. The average Bonchev–Trinajstić information content (AvgIpc) is 3.80. The number of amides is 4. The summed E-state index contributed by atoms with van der Waals surface area (Å²) in [7, 11) is 0. The van der Waals surface area contributed by atoms with Crippen LogP contribution in [0.5, 0.6) is 0 Å². The predicted molar refractivity (Wildman–Crippen MR) is 232 cm³/mol. The number of aromatic nitrogens is 1. The van der Waals surface area contributed by atoms with E-state index in [1.54, 1.807) is 11.6 Å². The molecule has 1 fully saturated rings. The van der Waals surface area contributed by atoms with Crippen molar-refractivity contribution in [2.75, 3.05) is 18.8 Å². The Labute approximate surface area is 348 Å². The van der Waals surface area contributed by atoms with Crippen molar-refractivity contribution >= 4 is 57.7 Å². The monoisotopic (exact) mass is 823 g/mol. The lowest BCUT2D eigenvalue weighted by Crippen LogP contribution is -2.55. The molecule has 0 aliphatic carbocycles. The van der Waals surface area contributed by atoms with Crippen LogP contribution in [-0.4, -0.2) is 81.4 Å². The van der Waals surface area contributed by atoms with Gasteiger partial charge in [-0.15, -0.1) is 11.3 Å². The molecule has 3 rings (SSSR count). The number of primary amides is 1. The number of hydrogen-bond acceptors (Lipinski definition) is 9. The Bertz CT molecular complexity index is 1720. The zero-order valence-electron chi connectivity index (χ0n) is 35.6. The molecule has 5 N–H and O–H groups in total. The average molecular weight is 824 g/mol. The zero-order valence-corrected chi connectivity index (χ0v) is 37.3. The number of hydrogen-bond donors (Lipinski definition) is 4. The van der Waals surface area contributed by atoms with Gasteiger partial charge in [-0.25, -0.2) is 4.98 Å². The molecule has 7 atom stereocenters. The lowest BCUT2D eigenvalue weighted by molar-refractivity contribution is -0.137. The minimum atomic E-state index is -1.04. The van der Waals surface area contributed by atoms with Gasteiger partial charge >= 0.3 is 0 Å². The first-order chi connectivity index (χ1) is 26.6. The topological polar surface area (TPSA) is 176 Å². The van der Waals surface area contributed by atoms with Crippen molar-refractivity contribution in [3.8, 4) is 0 Å². The summed E-state index contributed by atoms with van der Waals surface area (Å²) >= 11 is 2.54. The number of thioether (sulfide) groups is 1. The third-order valence-corrected chi connectivity index (χ3v) is 11.8. The van der Waals surface area contributed by atoms with Gasteiger partial charge in [0.05, 0.1) is 12.6 Å². The van der Waals surface area contributed by atoms with Crippen molar-refractivity contribution in [2.24, 2.45) is 39.3 Å². The molecule has 0 radical (unpaired) electrons. The van der Waals surface area contributed by atoms with Crippen LogP contribution < -0.4 is 21.7 Å². The first-order valence-corrected chi connectivity index (χ1v) is 21.8. The van der Waals surface area contributed by atoms with Gasteiger partial charge in [0.2, 0.25) is 23.6 Å². The van der Waals surface area contributed by atoms with Crippen LogP contribution in [0.2, 0.25) is 0 Å². The van der Waals surface area contributed by atoms with Gasteiger partial charge in [0, 0.05) is 36.4 Å². The first kappa shape index (κ1) is 47.3. The molecule has 314 valence electrons. The molecule has 14 heteroatoms. The largest absolute Gasteiger partial charge is 0.368 e. The number of likely N-dealkylation sites (tertiary alicyclic amines) is 1. The van der Waals surface area contributed by atoms with E-state index in [4.69, 9.17) is 10.7 Å². The van der Waals surface area contributed by atoms with Crippen LogP contribution >= 0.6 is 23.1 Å². The summed E-state index contributed by atoms with van der Waals surface area (Å²) in [5.74, 6) is -1.33. The van der Waals surface area contributed by atoms with Crippen molar-refractivity contribution in [2.45, 2.75) is 119 Å². The minimum absolute atomic E-state index is 0.0510. The van der Waals surface area contributed by atoms with Crippen molar-refractivity contribution < 1.29 is 24.0 Å². The highest BCUT2D eigenvalue weighted by atomic mass is 32.2. The summed E-state index contributed by atoms with van der Waals surface area (Å²) in [4.78, 5) is 79.1. The third-order valence-electron chi connectivity index (χ3n) is 10.1. The van der Waals surface area contributed by atoms with E-state index in [9.17, 15) is 24.0 Å². The molecule has 2 heterocycles. The number of amidine groups is 1. The number of nitrogens with two attached hydrogens (primary N) is 1. The van der Waals surface area contributed by atoms with Crippen LogP contribution in [0.1, 0.15) is 112 Å². The van der Waals surface area contributed by atoms with Gasteiger partial charge in [0.15, 0.2) is 5.12 Å². The summed E-state index contributed by atoms with van der Waals surface area (Å²) in [6.45, 7) is 22.1. The highest BCUT2D eigenvalue weighted by molar-refractivity contribution is 8.13. The van der Waals surface area contributed by atoms with Crippen LogP contribution in [0.15, 0.2) is 59.1 Å². The van der Waals surface area contributed by atoms with E-state index < -0.39 is 53.2 Å². The van der Waals surface area contributed by atoms with E-state index in [0.29, 0.717) is 29.6 Å². The number of allylic oxidation sites excluding steroid dienone is 1. The smallest absolute Gasteiger partial charge is 0.246 e. The minimum Gasteiger partial charge on any atom is -0.368 e. The van der Waals surface area contributed by atoms with Crippen LogP contribution in [0.3, 0.4) is 0 Å². The van der Waals surface area contributed by atoms with Gasteiger partial charge in [-0.2, -0.15) is 0 Å². The Morgan fingerprint density at radius 1 is 1.00 bits per heavy atom. The molecule has 57 heavy (non-hydrogen) atoms. The normalized spacial score (nSPS) is 19.2. The number of carbonyl (C=O) groups excluding carboxylic acids is 5. The zero-order chi connectivity index (χ0) is 42.7. The van der Waals surface area contributed by atoms with Gasteiger partial charge in [-0.1, -0.05) is 130 Å². The molecule has 1 aliphatic rings. The van der Waals surface area contributed by atoms with E-state index in [0.717, 1.165) is 5.56 Å². The van der Waals surface area contributed by atoms with Gasteiger partial charge in [0.1, 0.15) is 29.0 Å². The maximum absolute atomic E-state index is 14.8. The van der Waals surface area contributed by atoms with E-state index in [-0.39, 0.29) is 47.2 Å². The number of rotatable bonds is 17. The number of nitrogens with one attached hydrogen (secondary N) is 3. The maximum Gasteiger partial charge on any atom is 0.246 e. The molecule has 1 saturated heterocycles. The number of aliphatic imine (C=N–C) groups is 1. The van der Waals surface area contributed by atoms with Crippen LogP contribution in [0.25, 0.3) is 0 Å². The van der Waals surface area contributed by atoms with Gasteiger partial charge in [-0.05, 0) is 40.4 Å². The SMILES string of the molecule is CCSC(=O)C[C@@H](NC(=O)C(NC(=O)C(/N=C(\NCC(=O)N1CC[C@@H](C)[C@H]1C(N)=O)C(/C=C/C(C)C)C(C)(C)C)C(C)(C)C)[C@@H](C)c1ccccc1)c1nccs1. The molecular weight excluding hydrogens is 759 g/mol. The Hall–Kier alpha value is -4.04. The molecule has 4 amide bonds. The quantitative estimate of drug-likeness (QED) is 0.0822. The van der Waals surface area contributed by atoms with E-state index in [1.165, 1.54) is 28.0 Å². The van der Waals surface area contributed by atoms with E-state index >= 15 is 0 Å². The van der Waals surface area contributed by atoms with Crippen LogP contribution in [-0.2, 0) is 24.0 Å². The molecule has 1 aliphatic heterocycles. The summed E-state index contributed by atoms with van der Waals surface area (Å²) in [5, 5.41) is 11.8. The molecular formula is C43H65N7O5S2. The Kier molecular flexibility index (Phi) is 17.5. The fraction of sp³-hybridized carbons (Fsp3) is 0.605. The Morgan fingerprint density at radius 3 is 2.21 bits per heavy atom. The molecule has 2 aromatic rings. The number of nitrogens with zero attached hydrogens (tertiary/aromatic N) is 3. The molecule has 0 saturated carbocycles. The molecule has 12 nitrogen and oxygen atoms in total. The fourth-order valence-corrected chi connectivity index (χ4v) is 8.22. The third kappa shape index (κ3) is 13.8.